The van der Waals surface area contributed by atoms with Crippen molar-refractivity contribution in [3.63, 3.8) is 0 Å². The third-order valence-corrected chi connectivity index (χ3v) is 5.70. The zero-order chi connectivity index (χ0) is 18.7. The van der Waals surface area contributed by atoms with Crippen molar-refractivity contribution in [3.05, 3.63) is 65.1 Å². The van der Waals surface area contributed by atoms with E-state index in [1.165, 1.54) is 12.1 Å². The molecule has 0 aliphatic heterocycles. The minimum atomic E-state index is -3.26. The highest BCUT2D eigenvalue weighted by Crippen LogP contribution is 2.33. The van der Waals surface area contributed by atoms with Crippen molar-refractivity contribution in [1.29, 1.82) is 0 Å². The summed E-state index contributed by atoms with van der Waals surface area (Å²) in [6.07, 6.45) is 1.13. The molecule has 5 nitrogen and oxygen atoms in total. The maximum atomic E-state index is 12.1. The Morgan fingerprint density at radius 1 is 1.04 bits per heavy atom. The Labute approximate surface area is 160 Å². The lowest BCUT2D eigenvalue weighted by atomic mass is 10.1. The lowest BCUT2D eigenvalue weighted by Gasteiger charge is -2.11. The topological polar surface area (TPSA) is 72.5 Å². The van der Waals surface area contributed by atoms with Crippen LogP contribution in [0.4, 0.5) is 5.69 Å². The molecule has 0 aliphatic rings. The van der Waals surface area contributed by atoms with E-state index in [-0.39, 0.29) is 17.4 Å². The van der Waals surface area contributed by atoms with E-state index in [9.17, 15) is 13.2 Å². The number of hydrogen-bond acceptors (Lipinski definition) is 4. The molecule has 0 saturated heterocycles. The minimum Gasteiger partial charge on any atom is -0.483 e. The first-order chi connectivity index (χ1) is 12.3. The van der Waals surface area contributed by atoms with Crippen molar-refractivity contribution in [2.75, 3.05) is 18.2 Å². The summed E-state index contributed by atoms with van der Waals surface area (Å²) in [5.41, 5.74) is 0.503. The number of rotatable bonds is 5. The Balaban J connectivity index is 1.65. The summed E-state index contributed by atoms with van der Waals surface area (Å²) in [5.74, 6) is 0.239. The number of halogens is 1. The lowest BCUT2D eigenvalue weighted by Crippen LogP contribution is -2.20. The summed E-state index contributed by atoms with van der Waals surface area (Å²) in [6, 6.07) is 17.6. The number of amides is 1. The Kier molecular flexibility index (Phi) is 5.29. The summed E-state index contributed by atoms with van der Waals surface area (Å²) in [7, 11) is -3.26. The molecule has 3 aromatic rings. The van der Waals surface area contributed by atoms with Gasteiger partial charge in [0.25, 0.3) is 5.91 Å². The predicted molar refractivity (Wildman–Crippen MR) is 105 cm³/mol. The van der Waals surface area contributed by atoms with E-state index in [1.54, 1.807) is 18.2 Å². The quantitative estimate of drug-likeness (QED) is 0.659. The normalized spacial score (nSPS) is 11.3. The molecule has 7 heteroatoms. The Bertz CT molecular complexity index is 1060. The van der Waals surface area contributed by atoms with E-state index in [4.69, 9.17) is 4.74 Å². The number of sulfone groups is 1. The van der Waals surface area contributed by atoms with Gasteiger partial charge in [-0.1, -0.05) is 30.3 Å². The minimum absolute atomic E-state index is 0.162. The van der Waals surface area contributed by atoms with Crippen molar-refractivity contribution < 1.29 is 17.9 Å². The SMILES string of the molecule is CS(=O)(=O)c1ccc(NC(=O)COc2ccc3ccccc3c2Br)cc1. The molecular formula is C19H16BrNO4S. The number of anilines is 1. The van der Waals surface area contributed by atoms with Gasteiger partial charge < -0.3 is 10.1 Å². The molecule has 0 aliphatic carbocycles. The van der Waals surface area contributed by atoms with Gasteiger partial charge in [0.2, 0.25) is 0 Å². The zero-order valence-electron chi connectivity index (χ0n) is 13.9. The number of carbonyl (C=O) groups excluding carboxylic acids is 1. The Morgan fingerprint density at radius 2 is 1.73 bits per heavy atom. The number of fused-ring (bicyclic) bond motifs is 1. The highest BCUT2D eigenvalue weighted by molar-refractivity contribution is 9.10. The summed E-state index contributed by atoms with van der Waals surface area (Å²) >= 11 is 3.51. The van der Waals surface area contributed by atoms with E-state index >= 15 is 0 Å². The van der Waals surface area contributed by atoms with Gasteiger partial charge in [-0.15, -0.1) is 0 Å². The summed E-state index contributed by atoms with van der Waals surface area (Å²) in [6.45, 7) is -0.162. The van der Waals surface area contributed by atoms with Crippen LogP contribution in [-0.4, -0.2) is 27.2 Å². The maximum Gasteiger partial charge on any atom is 0.262 e. The van der Waals surface area contributed by atoms with Crippen LogP contribution in [0.5, 0.6) is 5.75 Å². The lowest BCUT2D eigenvalue weighted by molar-refractivity contribution is -0.118. The van der Waals surface area contributed by atoms with Gasteiger partial charge in [-0.2, -0.15) is 0 Å². The molecule has 0 spiro atoms. The van der Waals surface area contributed by atoms with Gasteiger partial charge in [0, 0.05) is 11.9 Å². The van der Waals surface area contributed by atoms with Crippen molar-refractivity contribution in [1.82, 2.24) is 0 Å². The molecule has 3 aromatic carbocycles. The van der Waals surface area contributed by atoms with Gasteiger partial charge in [0.1, 0.15) is 5.75 Å². The third-order valence-electron chi connectivity index (χ3n) is 3.75. The van der Waals surface area contributed by atoms with E-state index in [2.05, 4.69) is 21.2 Å². The van der Waals surface area contributed by atoms with E-state index in [0.29, 0.717) is 11.4 Å². The summed E-state index contributed by atoms with van der Waals surface area (Å²) in [5, 5.41) is 4.75. The first-order valence-corrected chi connectivity index (χ1v) is 10.4. The van der Waals surface area contributed by atoms with Crippen LogP contribution in [-0.2, 0) is 14.6 Å². The van der Waals surface area contributed by atoms with Crippen molar-refractivity contribution in [2.45, 2.75) is 4.90 Å². The third kappa shape index (κ3) is 4.23. The van der Waals surface area contributed by atoms with Crippen LogP contribution in [0.25, 0.3) is 10.8 Å². The van der Waals surface area contributed by atoms with Crippen molar-refractivity contribution in [3.8, 4) is 5.75 Å². The fourth-order valence-corrected chi connectivity index (χ4v) is 3.69. The molecule has 0 radical (unpaired) electrons. The molecule has 0 atom stereocenters. The average molecular weight is 434 g/mol. The predicted octanol–water partition coefficient (Wildman–Crippen LogP) is 4.02. The Hall–Kier alpha value is -2.38. The zero-order valence-corrected chi connectivity index (χ0v) is 16.3. The fraction of sp³-hybridized carbons (Fsp3) is 0.105. The molecule has 134 valence electrons. The van der Waals surface area contributed by atoms with Crippen LogP contribution in [0.1, 0.15) is 0 Å². The Morgan fingerprint density at radius 3 is 2.42 bits per heavy atom. The first kappa shape index (κ1) is 18.4. The van der Waals surface area contributed by atoms with E-state index in [1.807, 2.05) is 30.3 Å². The van der Waals surface area contributed by atoms with Crippen LogP contribution in [0, 0.1) is 0 Å². The highest BCUT2D eigenvalue weighted by atomic mass is 79.9. The number of benzene rings is 3. The monoisotopic (exact) mass is 433 g/mol. The molecule has 0 unspecified atom stereocenters. The molecule has 0 aromatic heterocycles. The van der Waals surface area contributed by atoms with E-state index in [0.717, 1.165) is 21.5 Å². The van der Waals surface area contributed by atoms with Crippen LogP contribution < -0.4 is 10.1 Å². The number of nitrogens with one attached hydrogen (secondary N) is 1. The van der Waals surface area contributed by atoms with Crippen molar-refractivity contribution in [2.24, 2.45) is 0 Å². The molecule has 0 bridgehead atoms. The largest absolute Gasteiger partial charge is 0.483 e. The van der Waals surface area contributed by atoms with Crippen molar-refractivity contribution >= 4 is 48.1 Å². The van der Waals surface area contributed by atoms with Gasteiger partial charge in [-0.25, -0.2) is 8.42 Å². The molecular weight excluding hydrogens is 418 g/mol. The fourth-order valence-electron chi connectivity index (χ4n) is 2.45. The van der Waals surface area contributed by atoms with Gasteiger partial charge in [-0.05, 0) is 57.0 Å². The molecule has 3 rings (SSSR count). The smallest absolute Gasteiger partial charge is 0.262 e. The van der Waals surface area contributed by atoms with Crippen LogP contribution in [0.3, 0.4) is 0 Å². The molecule has 26 heavy (non-hydrogen) atoms. The first-order valence-electron chi connectivity index (χ1n) is 7.74. The second-order valence-electron chi connectivity index (χ2n) is 5.73. The van der Waals surface area contributed by atoms with Crippen LogP contribution in [0.15, 0.2) is 70.0 Å². The molecule has 0 heterocycles. The summed E-state index contributed by atoms with van der Waals surface area (Å²) < 4.78 is 29.3. The molecule has 0 saturated carbocycles. The summed E-state index contributed by atoms with van der Waals surface area (Å²) in [4.78, 5) is 12.3. The van der Waals surface area contributed by atoms with E-state index < -0.39 is 9.84 Å². The van der Waals surface area contributed by atoms with Gasteiger partial charge >= 0.3 is 0 Å². The second kappa shape index (κ2) is 7.47. The number of carbonyl (C=O) groups is 1. The second-order valence-corrected chi connectivity index (χ2v) is 8.54. The van der Waals surface area contributed by atoms with Gasteiger partial charge in [0.05, 0.1) is 9.37 Å². The number of hydrogen-bond donors (Lipinski definition) is 1. The average Bonchev–Trinajstić information content (AvgIpc) is 2.61. The highest BCUT2D eigenvalue weighted by Gasteiger charge is 2.10. The number of ether oxygens (including phenoxy) is 1. The molecule has 0 fully saturated rings. The standard InChI is InChI=1S/C19H16BrNO4S/c1-26(23,24)15-9-7-14(8-10-15)21-18(22)12-25-17-11-6-13-4-2-3-5-16(13)19(17)20/h2-11H,12H2,1H3,(H,21,22). The molecule has 1 N–H and O–H groups in total. The maximum absolute atomic E-state index is 12.1. The van der Waals surface area contributed by atoms with Gasteiger partial charge in [0.15, 0.2) is 16.4 Å². The molecule has 1 amide bonds. The van der Waals surface area contributed by atoms with Crippen LogP contribution >= 0.6 is 15.9 Å². The van der Waals surface area contributed by atoms with Crippen LogP contribution in [0.2, 0.25) is 0 Å². The van der Waals surface area contributed by atoms with Gasteiger partial charge in [-0.3, -0.25) is 4.79 Å².